The first-order valence-electron chi connectivity index (χ1n) is 13.5. The van der Waals surface area contributed by atoms with E-state index in [1.165, 1.54) is 0 Å². The first-order chi connectivity index (χ1) is 17.9. The van der Waals surface area contributed by atoms with Crippen LogP contribution in [-0.2, 0) is 25.5 Å². The lowest BCUT2D eigenvalue weighted by Gasteiger charge is -2.40. The zero-order chi connectivity index (χ0) is 26.2. The van der Waals surface area contributed by atoms with Gasteiger partial charge in [0.1, 0.15) is 0 Å². The number of nitrogen functional groups attached to an aromatic ring is 1. The second kappa shape index (κ2) is 13.1. The monoisotopic (exact) mass is 515 g/mol. The van der Waals surface area contributed by atoms with Crippen LogP contribution in [0, 0.1) is 0 Å². The second-order valence-electron chi connectivity index (χ2n) is 10.2. The van der Waals surface area contributed by atoms with Crippen molar-refractivity contribution in [2.24, 2.45) is 0 Å². The molecule has 0 atom stereocenters. The number of nitrogens with two attached hydrogens (primary N) is 1. The first kappa shape index (κ1) is 27.2. The Morgan fingerprint density at radius 1 is 0.973 bits per heavy atom. The molecule has 3 amide bonds. The number of hydrogen-bond acceptors (Lipinski definition) is 7. The molecule has 3 aliphatic rings. The van der Waals surface area contributed by atoms with Gasteiger partial charge in [-0.1, -0.05) is 18.2 Å². The Labute approximate surface area is 219 Å². The maximum Gasteiger partial charge on any atom is 0.410 e. The number of piperidine rings is 2. The molecule has 1 aromatic carbocycles. The van der Waals surface area contributed by atoms with Crippen molar-refractivity contribution in [1.29, 1.82) is 0 Å². The van der Waals surface area contributed by atoms with Gasteiger partial charge in [-0.15, -0.1) is 0 Å². The number of ether oxygens (including phenoxy) is 2. The number of amides is 3. The van der Waals surface area contributed by atoms with Crippen molar-refractivity contribution in [2.75, 3.05) is 71.4 Å². The van der Waals surface area contributed by atoms with E-state index in [9.17, 15) is 14.4 Å². The maximum atomic E-state index is 12.6. The van der Waals surface area contributed by atoms with Crippen molar-refractivity contribution < 1.29 is 23.9 Å². The van der Waals surface area contributed by atoms with Gasteiger partial charge in [0, 0.05) is 70.5 Å². The number of anilines is 1. The molecule has 3 fully saturated rings. The van der Waals surface area contributed by atoms with E-state index in [0.29, 0.717) is 58.0 Å². The van der Waals surface area contributed by atoms with Crippen LogP contribution in [0.2, 0.25) is 0 Å². The number of para-hydroxylation sites is 1. The zero-order valence-corrected chi connectivity index (χ0v) is 22.0. The van der Waals surface area contributed by atoms with E-state index in [4.69, 9.17) is 15.2 Å². The molecule has 3 aliphatic heterocycles. The lowest BCUT2D eigenvalue weighted by atomic mass is 10.0. The molecule has 0 spiro atoms. The number of likely N-dealkylation sites (tertiary alicyclic amines) is 2. The molecule has 10 heteroatoms. The van der Waals surface area contributed by atoms with Crippen LogP contribution in [0.5, 0.6) is 0 Å². The molecule has 0 saturated carbocycles. The number of hydrogen-bond donors (Lipinski definition) is 1. The fourth-order valence-corrected chi connectivity index (χ4v) is 5.69. The third-order valence-corrected chi connectivity index (χ3v) is 7.94. The SMILES string of the molecule is CC(=O)N(CCc1ccccc1N)C1CCN(C(=O)OCC(=O)N2CCC(N3CCOCC3)CC2)CC1. The molecule has 0 aromatic heterocycles. The maximum absolute atomic E-state index is 12.6. The van der Waals surface area contributed by atoms with Crippen LogP contribution >= 0.6 is 0 Å². The Balaban J connectivity index is 1.16. The fourth-order valence-electron chi connectivity index (χ4n) is 5.69. The van der Waals surface area contributed by atoms with Crippen molar-refractivity contribution in [3.63, 3.8) is 0 Å². The van der Waals surface area contributed by atoms with Gasteiger partial charge >= 0.3 is 6.09 Å². The Morgan fingerprint density at radius 3 is 2.27 bits per heavy atom. The van der Waals surface area contributed by atoms with Gasteiger partial charge in [-0.05, 0) is 43.7 Å². The average molecular weight is 516 g/mol. The third-order valence-electron chi connectivity index (χ3n) is 7.94. The number of nitrogens with zero attached hydrogens (tertiary/aromatic N) is 4. The van der Waals surface area contributed by atoms with Gasteiger partial charge in [-0.2, -0.15) is 0 Å². The minimum Gasteiger partial charge on any atom is -0.439 e. The normalized spacial score (nSPS) is 20.0. The number of morpholine rings is 1. The quantitative estimate of drug-likeness (QED) is 0.549. The topological polar surface area (TPSA) is 109 Å². The minimum absolute atomic E-state index is 0.0264. The smallest absolute Gasteiger partial charge is 0.410 e. The Hall–Kier alpha value is -2.85. The number of carbonyl (C=O) groups is 3. The molecule has 10 nitrogen and oxygen atoms in total. The zero-order valence-electron chi connectivity index (χ0n) is 22.0. The third kappa shape index (κ3) is 7.35. The van der Waals surface area contributed by atoms with Gasteiger partial charge in [0.2, 0.25) is 5.91 Å². The Kier molecular flexibility index (Phi) is 9.62. The minimum atomic E-state index is -0.457. The highest BCUT2D eigenvalue weighted by Gasteiger charge is 2.31. The Bertz CT molecular complexity index is 922. The summed E-state index contributed by atoms with van der Waals surface area (Å²) in [5, 5.41) is 0. The molecular formula is C27H41N5O5. The van der Waals surface area contributed by atoms with Crippen LogP contribution in [0.1, 0.15) is 38.2 Å². The molecule has 0 radical (unpaired) electrons. The molecule has 0 bridgehead atoms. The van der Waals surface area contributed by atoms with Crippen molar-refractivity contribution in [2.45, 2.75) is 51.1 Å². The lowest BCUT2D eigenvalue weighted by Crippen LogP contribution is -2.51. The first-order valence-corrected chi connectivity index (χ1v) is 13.5. The van der Waals surface area contributed by atoms with Gasteiger partial charge in [-0.25, -0.2) is 4.79 Å². The van der Waals surface area contributed by atoms with Gasteiger partial charge in [0.15, 0.2) is 6.61 Å². The van der Waals surface area contributed by atoms with E-state index in [2.05, 4.69) is 4.90 Å². The standard InChI is InChI=1S/C27H41N5O5/c1-21(33)32(15-6-22-4-2-3-5-25(22)28)24-9-13-31(14-10-24)27(35)37-20-26(34)30-11-7-23(8-12-30)29-16-18-36-19-17-29/h2-5,23-24H,6-20,28H2,1H3. The van der Waals surface area contributed by atoms with Crippen molar-refractivity contribution in [3.05, 3.63) is 29.8 Å². The summed E-state index contributed by atoms with van der Waals surface area (Å²) in [6.07, 6.45) is 3.49. The molecule has 1 aromatic rings. The lowest BCUT2D eigenvalue weighted by molar-refractivity contribution is -0.137. The fraction of sp³-hybridized carbons (Fsp3) is 0.667. The van der Waals surface area contributed by atoms with Crippen LogP contribution < -0.4 is 5.73 Å². The highest BCUT2D eigenvalue weighted by molar-refractivity contribution is 5.80. The van der Waals surface area contributed by atoms with Crippen LogP contribution in [0.3, 0.4) is 0 Å². The molecule has 37 heavy (non-hydrogen) atoms. The molecular weight excluding hydrogens is 474 g/mol. The van der Waals surface area contributed by atoms with Gasteiger partial charge in [-0.3, -0.25) is 14.5 Å². The van der Waals surface area contributed by atoms with Crippen LogP contribution in [-0.4, -0.2) is 115 Å². The molecule has 2 N–H and O–H groups in total. The number of benzene rings is 1. The summed E-state index contributed by atoms with van der Waals surface area (Å²) in [7, 11) is 0. The van der Waals surface area contributed by atoms with E-state index in [1.54, 1.807) is 16.7 Å². The van der Waals surface area contributed by atoms with E-state index >= 15 is 0 Å². The highest BCUT2D eigenvalue weighted by Crippen LogP contribution is 2.21. The molecule has 204 valence electrons. The summed E-state index contributed by atoms with van der Waals surface area (Å²) >= 11 is 0. The van der Waals surface area contributed by atoms with Crippen LogP contribution in [0.4, 0.5) is 10.5 Å². The largest absolute Gasteiger partial charge is 0.439 e. The predicted molar refractivity (Wildman–Crippen MR) is 140 cm³/mol. The molecule has 3 saturated heterocycles. The van der Waals surface area contributed by atoms with Crippen molar-refractivity contribution in [1.82, 2.24) is 19.6 Å². The van der Waals surface area contributed by atoms with Crippen molar-refractivity contribution >= 4 is 23.6 Å². The molecule has 4 rings (SSSR count). The summed E-state index contributed by atoms with van der Waals surface area (Å²) in [6, 6.07) is 8.28. The summed E-state index contributed by atoms with van der Waals surface area (Å²) in [4.78, 5) is 45.4. The highest BCUT2D eigenvalue weighted by atomic mass is 16.6. The van der Waals surface area contributed by atoms with E-state index in [-0.39, 0.29) is 24.5 Å². The molecule has 0 unspecified atom stereocenters. The van der Waals surface area contributed by atoms with Gasteiger partial charge in [0.25, 0.3) is 5.91 Å². The van der Waals surface area contributed by atoms with Gasteiger partial charge in [0.05, 0.1) is 13.2 Å². The summed E-state index contributed by atoms with van der Waals surface area (Å²) < 4.78 is 10.8. The van der Waals surface area contributed by atoms with Crippen LogP contribution in [0.15, 0.2) is 24.3 Å². The summed E-state index contributed by atoms with van der Waals surface area (Å²) in [5.74, 6) is -0.106. The van der Waals surface area contributed by atoms with E-state index in [0.717, 1.165) is 50.4 Å². The Morgan fingerprint density at radius 2 is 1.62 bits per heavy atom. The number of rotatable bonds is 7. The summed E-state index contributed by atoms with van der Waals surface area (Å²) in [6.45, 7) is 7.82. The van der Waals surface area contributed by atoms with Gasteiger partial charge < -0.3 is 29.9 Å². The van der Waals surface area contributed by atoms with E-state index in [1.807, 2.05) is 29.2 Å². The van der Waals surface area contributed by atoms with Crippen molar-refractivity contribution in [3.8, 4) is 0 Å². The van der Waals surface area contributed by atoms with E-state index < -0.39 is 6.09 Å². The summed E-state index contributed by atoms with van der Waals surface area (Å²) in [5.41, 5.74) is 7.82. The molecule has 3 heterocycles. The molecule has 0 aliphatic carbocycles. The van der Waals surface area contributed by atoms with Crippen LogP contribution in [0.25, 0.3) is 0 Å². The second-order valence-corrected chi connectivity index (χ2v) is 10.2. The average Bonchev–Trinajstić information content (AvgIpc) is 2.93. The number of carbonyl (C=O) groups excluding carboxylic acids is 3. The predicted octanol–water partition coefficient (Wildman–Crippen LogP) is 1.58.